The first-order chi connectivity index (χ1) is 6.88. The lowest BCUT2D eigenvalue weighted by Crippen LogP contribution is -1.94. The second kappa shape index (κ2) is 5.72. The second-order valence-corrected chi connectivity index (χ2v) is 3.54. The molecular weight excluding hydrogens is 248 g/mol. The van der Waals surface area contributed by atoms with Gasteiger partial charge in [0.25, 0.3) is 0 Å². The van der Waals surface area contributed by atoms with E-state index in [0.717, 1.165) is 0 Å². The zero-order chi connectivity index (χ0) is 9.80. The van der Waals surface area contributed by atoms with E-state index in [2.05, 4.69) is 67.6 Å². The van der Waals surface area contributed by atoms with Gasteiger partial charge in [0, 0.05) is 5.92 Å². The molecule has 0 aromatic heterocycles. The molecule has 0 fully saturated rings. The lowest BCUT2D eigenvalue weighted by molar-refractivity contribution is 0.922. The molecule has 0 aliphatic carbocycles. The Balaban J connectivity index is 0.00000112. The van der Waals surface area contributed by atoms with Crippen LogP contribution in [-0.4, -0.2) is 0 Å². The average Bonchev–Trinajstić information content (AvgIpc) is 2.30. The van der Waals surface area contributed by atoms with Crippen LogP contribution >= 0.6 is 17.0 Å². The summed E-state index contributed by atoms with van der Waals surface area (Å²) in [5.41, 5.74) is 2.75. The van der Waals surface area contributed by atoms with E-state index in [1.54, 1.807) is 0 Å². The van der Waals surface area contributed by atoms with Gasteiger partial charge in [0.15, 0.2) is 0 Å². The minimum Gasteiger partial charge on any atom is -0.114 e. The van der Waals surface area contributed by atoms with E-state index in [0.29, 0.717) is 5.92 Å². The Morgan fingerprint density at radius 1 is 0.667 bits per heavy atom. The third-order valence-corrected chi connectivity index (χ3v) is 2.60. The Labute approximate surface area is 102 Å². The Morgan fingerprint density at radius 3 is 1.33 bits per heavy atom. The molecule has 0 aliphatic rings. The summed E-state index contributed by atoms with van der Waals surface area (Å²) in [7, 11) is 0. The van der Waals surface area contributed by atoms with Gasteiger partial charge in [-0.3, -0.25) is 0 Å². The third kappa shape index (κ3) is 2.93. The molecule has 1 heteroatoms. The summed E-state index contributed by atoms with van der Waals surface area (Å²) >= 11 is 0. The summed E-state index contributed by atoms with van der Waals surface area (Å²) in [5.74, 6) is 0.484. The Hall–Kier alpha value is -1.08. The average molecular weight is 263 g/mol. The van der Waals surface area contributed by atoms with Crippen molar-refractivity contribution in [2.45, 2.75) is 12.8 Å². The van der Waals surface area contributed by atoms with Crippen molar-refractivity contribution in [3.63, 3.8) is 0 Å². The molecule has 0 amide bonds. The Kier molecular flexibility index (Phi) is 4.57. The molecule has 0 atom stereocenters. The lowest BCUT2D eigenvalue weighted by atomic mass is 9.93. The van der Waals surface area contributed by atoms with Gasteiger partial charge in [-0.1, -0.05) is 67.6 Å². The highest BCUT2D eigenvalue weighted by atomic mass is 79.9. The molecule has 0 saturated carbocycles. The first-order valence-corrected chi connectivity index (χ1v) is 4.98. The molecule has 0 heterocycles. The van der Waals surface area contributed by atoms with E-state index in [4.69, 9.17) is 0 Å². The van der Waals surface area contributed by atoms with Gasteiger partial charge in [-0.15, -0.1) is 17.0 Å². The highest BCUT2D eigenvalue weighted by molar-refractivity contribution is 8.93. The predicted octanol–water partition coefficient (Wildman–Crippen LogP) is 4.42. The van der Waals surface area contributed by atoms with Gasteiger partial charge in [-0.25, -0.2) is 0 Å². The molecule has 78 valence electrons. The van der Waals surface area contributed by atoms with E-state index >= 15 is 0 Å². The van der Waals surface area contributed by atoms with Crippen molar-refractivity contribution in [2.24, 2.45) is 0 Å². The highest BCUT2D eigenvalue weighted by Gasteiger charge is 2.05. The molecule has 2 rings (SSSR count). The van der Waals surface area contributed by atoms with Crippen molar-refractivity contribution in [3.05, 3.63) is 71.8 Å². The molecule has 0 bridgehead atoms. The quantitative estimate of drug-likeness (QED) is 0.752. The molecule has 2 aromatic carbocycles. The SMILES string of the molecule is Br.CC(c1ccccc1)c1ccccc1. The maximum absolute atomic E-state index is 2.24. The summed E-state index contributed by atoms with van der Waals surface area (Å²) in [5, 5.41) is 0. The zero-order valence-electron chi connectivity index (χ0n) is 8.76. The minimum atomic E-state index is 0. The summed E-state index contributed by atoms with van der Waals surface area (Å²) in [6.07, 6.45) is 0. The minimum absolute atomic E-state index is 0. The van der Waals surface area contributed by atoms with Crippen molar-refractivity contribution in [1.29, 1.82) is 0 Å². The van der Waals surface area contributed by atoms with Gasteiger partial charge in [-0.2, -0.15) is 0 Å². The molecule has 0 N–H and O–H groups in total. The number of hydrogen-bond acceptors (Lipinski definition) is 0. The predicted molar refractivity (Wildman–Crippen MR) is 70.7 cm³/mol. The molecule has 0 aliphatic heterocycles. The van der Waals surface area contributed by atoms with Gasteiger partial charge in [0.2, 0.25) is 0 Å². The fourth-order valence-corrected chi connectivity index (χ4v) is 1.68. The van der Waals surface area contributed by atoms with Crippen LogP contribution in [0.15, 0.2) is 60.7 Å². The third-order valence-electron chi connectivity index (χ3n) is 2.60. The summed E-state index contributed by atoms with van der Waals surface area (Å²) in [6, 6.07) is 21.2. The molecule has 0 saturated heterocycles. The van der Waals surface area contributed by atoms with Crippen molar-refractivity contribution in [3.8, 4) is 0 Å². The number of rotatable bonds is 2. The van der Waals surface area contributed by atoms with Crippen LogP contribution in [0.4, 0.5) is 0 Å². The normalized spacial score (nSPS) is 9.73. The van der Waals surface area contributed by atoms with Crippen LogP contribution in [0.3, 0.4) is 0 Å². The van der Waals surface area contributed by atoms with Gasteiger partial charge < -0.3 is 0 Å². The summed E-state index contributed by atoms with van der Waals surface area (Å²) < 4.78 is 0. The largest absolute Gasteiger partial charge is 0.114 e. The molecule has 2 aromatic rings. The molecule has 0 radical (unpaired) electrons. The molecule has 15 heavy (non-hydrogen) atoms. The number of halogens is 1. The molecule has 0 unspecified atom stereocenters. The fourth-order valence-electron chi connectivity index (χ4n) is 1.68. The summed E-state index contributed by atoms with van der Waals surface area (Å²) in [6.45, 7) is 2.24. The maximum Gasteiger partial charge on any atom is 0.00610 e. The Bertz CT molecular complexity index is 341. The van der Waals surface area contributed by atoms with Gasteiger partial charge >= 0.3 is 0 Å². The van der Waals surface area contributed by atoms with Crippen LogP contribution in [0.1, 0.15) is 24.0 Å². The van der Waals surface area contributed by atoms with Crippen LogP contribution in [0.5, 0.6) is 0 Å². The highest BCUT2D eigenvalue weighted by Crippen LogP contribution is 2.22. The molecular formula is C14H15Br. The van der Waals surface area contributed by atoms with Crippen molar-refractivity contribution < 1.29 is 0 Å². The van der Waals surface area contributed by atoms with E-state index in [1.165, 1.54) is 11.1 Å². The van der Waals surface area contributed by atoms with Crippen molar-refractivity contribution in [1.82, 2.24) is 0 Å². The Morgan fingerprint density at radius 2 is 1.00 bits per heavy atom. The maximum atomic E-state index is 2.24. The molecule has 0 nitrogen and oxygen atoms in total. The van der Waals surface area contributed by atoms with Crippen molar-refractivity contribution >= 4 is 17.0 Å². The van der Waals surface area contributed by atoms with Crippen LogP contribution in [0.2, 0.25) is 0 Å². The van der Waals surface area contributed by atoms with Crippen molar-refractivity contribution in [2.75, 3.05) is 0 Å². The smallest absolute Gasteiger partial charge is 0.00610 e. The van der Waals surface area contributed by atoms with Crippen LogP contribution < -0.4 is 0 Å². The standard InChI is InChI=1S/C14H14.BrH/c1-12(13-8-4-2-5-9-13)14-10-6-3-7-11-14;/h2-12H,1H3;1H. The topological polar surface area (TPSA) is 0 Å². The van der Waals surface area contributed by atoms with E-state index < -0.39 is 0 Å². The zero-order valence-corrected chi connectivity index (χ0v) is 10.5. The second-order valence-electron chi connectivity index (χ2n) is 3.54. The van der Waals surface area contributed by atoms with E-state index in [-0.39, 0.29) is 17.0 Å². The first-order valence-electron chi connectivity index (χ1n) is 4.98. The van der Waals surface area contributed by atoms with Crippen LogP contribution in [-0.2, 0) is 0 Å². The van der Waals surface area contributed by atoms with Gasteiger partial charge in [0.1, 0.15) is 0 Å². The summed E-state index contributed by atoms with van der Waals surface area (Å²) in [4.78, 5) is 0. The van der Waals surface area contributed by atoms with Crippen LogP contribution in [0.25, 0.3) is 0 Å². The number of hydrogen-bond donors (Lipinski definition) is 0. The first kappa shape index (κ1) is 12.0. The van der Waals surface area contributed by atoms with E-state index in [1.807, 2.05) is 0 Å². The lowest BCUT2D eigenvalue weighted by Gasteiger charge is -2.11. The van der Waals surface area contributed by atoms with Crippen LogP contribution in [0, 0.1) is 0 Å². The fraction of sp³-hybridized carbons (Fsp3) is 0.143. The van der Waals surface area contributed by atoms with E-state index in [9.17, 15) is 0 Å². The van der Waals surface area contributed by atoms with Gasteiger partial charge in [0.05, 0.1) is 0 Å². The molecule has 0 spiro atoms. The monoisotopic (exact) mass is 262 g/mol. The van der Waals surface area contributed by atoms with Gasteiger partial charge in [-0.05, 0) is 11.1 Å². The number of benzene rings is 2.